The van der Waals surface area contributed by atoms with Crippen molar-refractivity contribution < 1.29 is 4.39 Å². The van der Waals surface area contributed by atoms with Crippen LogP contribution in [0.5, 0.6) is 0 Å². The molecule has 1 atom stereocenters. The molecule has 0 aromatic rings. The molecule has 1 rings (SSSR count). The molecule has 0 heterocycles. The van der Waals surface area contributed by atoms with Crippen LogP contribution in [0.4, 0.5) is 4.39 Å². The van der Waals surface area contributed by atoms with E-state index in [-0.39, 0.29) is 0 Å². The van der Waals surface area contributed by atoms with E-state index in [1.54, 1.807) is 19.1 Å². The third-order valence-electron chi connectivity index (χ3n) is 1.97. The highest BCUT2D eigenvalue weighted by Crippen LogP contribution is 2.12. The van der Waals surface area contributed by atoms with Crippen molar-refractivity contribution in [1.82, 2.24) is 5.32 Å². The Morgan fingerprint density at radius 1 is 1.79 bits per heavy atom. The Kier molecular flexibility index (Phi) is 3.45. The maximum Gasteiger partial charge on any atom is 0.122 e. The molecule has 4 N–H and O–H groups in total. The van der Waals surface area contributed by atoms with E-state index in [0.717, 1.165) is 11.9 Å². The second kappa shape index (κ2) is 4.60. The molecule has 0 fully saturated rings. The summed E-state index contributed by atoms with van der Waals surface area (Å²) in [6, 6.07) is 0. The molecule has 0 aliphatic heterocycles. The SMILES string of the molecule is C/C(NC1=CCC(F)C=C1)=C(\N)C=N. The normalized spacial score (nSPS) is 22.4. The van der Waals surface area contributed by atoms with Crippen molar-refractivity contribution in [3.8, 4) is 0 Å². The van der Waals surface area contributed by atoms with E-state index >= 15 is 0 Å². The van der Waals surface area contributed by atoms with Crippen LogP contribution in [0.3, 0.4) is 0 Å². The van der Waals surface area contributed by atoms with Gasteiger partial charge in [0.25, 0.3) is 0 Å². The van der Waals surface area contributed by atoms with Crippen LogP contribution >= 0.6 is 0 Å². The molecule has 0 radical (unpaired) electrons. The van der Waals surface area contributed by atoms with Crippen molar-refractivity contribution in [2.75, 3.05) is 0 Å². The van der Waals surface area contributed by atoms with E-state index in [2.05, 4.69) is 5.32 Å². The Balaban J connectivity index is 2.63. The third kappa shape index (κ3) is 2.73. The first-order valence-electron chi connectivity index (χ1n) is 4.39. The van der Waals surface area contributed by atoms with Gasteiger partial charge in [-0.15, -0.1) is 0 Å². The lowest BCUT2D eigenvalue weighted by atomic mass is 10.1. The fraction of sp³-hybridized carbons (Fsp3) is 0.300. The first-order chi connectivity index (χ1) is 6.63. The standard InChI is InChI=1S/C10H14FN3/c1-7(10(13)6-12)14-9-4-2-8(11)3-5-9/h2,4-6,8,12,14H,3,13H2,1H3/b10-7+,12-6?. The Morgan fingerprint density at radius 2 is 2.50 bits per heavy atom. The molecule has 0 bridgehead atoms. The first kappa shape index (κ1) is 10.5. The molecule has 0 amide bonds. The molecule has 0 spiro atoms. The molecule has 14 heavy (non-hydrogen) atoms. The van der Waals surface area contributed by atoms with Crippen LogP contribution in [0.1, 0.15) is 13.3 Å². The molecule has 0 saturated carbocycles. The number of allylic oxidation sites excluding steroid dienone is 5. The highest BCUT2D eigenvalue weighted by molar-refractivity contribution is 5.75. The topological polar surface area (TPSA) is 61.9 Å². The van der Waals surface area contributed by atoms with Gasteiger partial charge in [0.2, 0.25) is 0 Å². The highest BCUT2D eigenvalue weighted by Gasteiger charge is 2.06. The second-order valence-electron chi connectivity index (χ2n) is 3.12. The molecule has 1 aliphatic rings. The van der Waals surface area contributed by atoms with Gasteiger partial charge in [0.05, 0.1) is 5.70 Å². The Morgan fingerprint density at radius 3 is 3.00 bits per heavy atom. The number of rotatable bonds is 3. The molecular formula is C10H14FN3. The van der Waals surface area contributed by atoms with E-state index < -0.39 is 6.17 Å². The molecule has 0 saturated heterocycles. The van der Waals surface area contributed by atoms with Crippen LogP contribution in [0.25, 0.3) is 0 Å². The molecule has 0 aromatic carbocycles. The van der Waals surface area contributed by atoms with Crippen LogP contribution in [-0.4, -0.2) is 12.4 Å². The fourth-order valence-electron chi connectivity index (χ4n) is 1.08. The number of hydrogen-bond donors (Lipinski definition) is 3. The maximum absolute atomic E-state index is 12.7. The van der Waals surface area contributed by atoms with Gasteiger partial charge in [0.1, 0.15) is 6.17 Å². The van der Waals surface area contributed by atoms with Gasteiger partial charge in [-0.1, -0.05) is 6.08 Å². The summed E-state index contributed by atoms with van der Waals surface area (Å²) < 4.78 is 12.7. The average molecular weight is 195 g/mol. The van der Waals surface area contributed by atoms with Crippen LogP contribution < -0.4 is 11.1 Å². The Hall–Kier alpha value is -1.58. The average Bonchev–Trinajstić information content (AvgIpc) is 2.20. The zero-order valence-electron chi connectivity index (χ0n) is 8.05. The van der Waals surface area contributed by atoms with Crippen LogP contribution in [0.2, 0.25) is 0 Å². The summed E-state index contributed by atoms with van der Waals surface area (Å²) in [5.74, 6) is 0. The molecule has 3 nitrogen and oxygen atoms in total. The van der Waals surface area contributed by atoms with Gasteiger partial charge in [-0.05, 0) is 19.1 Å². The Labute approximate surface area is 82.7 Å². The summed E-state index contributed by atoms with van der Waals surface area (Å²) in [4.78, 5) is 0. The van der Waals surface area contributed by atoms with Crippen LogP contribution in [-0.2, 0) is 0 Å². The number of hydrogen-bond acceptors (Lipinski definition) is 3. The van der Waals surface area contributed by atoms with Gasteiger partial charge in [-0.3, -0.25) is 0 Å². The molecule has 76 valence electrons. The van der Waals surface area contributed by atoms with Crippen molar-refractivity contribution in [3.05, 3.63) is 35.3 Å². The third-order valence-corrected chi connectivity index (χ3v) is 1.97. The van der Waals surface area contributed by atoms with Gasteiger partial charge in [0.15, 0.2) is 0 Å². The zero-order valence-corrected chi connectivity index (χ0v) is 8.05. The molecule has 1 aliphatic carbocycles. The predicted molar refractivity (Wildman–Crippen MR) is 55.5 cm³/mol. The summed E-state index contributed by atoms with van der Waals surface area (Å²) in [5, 5.41) is 9.94. The monoisotopic (exact) mass is 195 g/mol. The van der Waals surface area contributed by atoms with Crippen molar-refractivity contribution >= 4 is 6.21 Å². The molecule has 4 heteroatoms. The second-order valence-corrected chi connectivity index (χ2v) is 3.12. The summed E-state index contributed by atoms with van der Waals surface area (Å²) >= 11 is 0. The largest absolute Gasteiger partial charge is 0.396 e. The van der Waals surface area contributed by atoms with Crippen molar-refractivity contribution in [2.45, 2.75) is 19.5 Å². The zero-order chi connectivity index (χ0) is 10.6. The number of alkyl halides is 1. The van der Waals surface area contributed by atoms with E-state index in [9.17, 15) is 4.39 Å². The lowest BCUT2D eigenvalue weighted by Crippen LogP contribution is -2.17. The molecular weight excluding hydrogens is 181 g/mol. The van der Waals surface area contributed by atoms with Crippen molar-refractivity contribution in [2.24, 2.45) is 5.73 Å². The summed E-state index contributed by atoms with van der Waals surface area (Å²) in [6.45, 7) is 1.77. The van der Waals surface area contributed by atoms with Crippen LogP contribution in [0, 0.1) is 5.41 Å². The summed E-state index contributed by atoms with van der Waals surface area (Å²) in [6.07, 6.45) is 5.52. The molecule has 0 aromatic heterocycles. The predicted octanol–water partition coefficient (Wildman–Crippen LogP) is 1.60. The quantitative estimate of drug-likeness (QED) is 0.599. The summed E-state index contributed by atoms with van der Waals surface area (Å²) in [7, 11) is 0. The minimum Gasteiger partial charge on any atom is -0.396 e. The van der Waals surface area contributed by atoms with Gasteiger partial charge in [-0.25, -0.2) is 4.39 Å². The lowest BCUT2D eigenvalue weighted by Gasteiger charge is -2.13. The van der Waals surface area contributed by atoms with Crippen LogP contribution in [0.15, 0.2) is 35.3 Å². The summed E-state index contributed by atoms with van der Waals surface area (Å²) in [5.41, 5.74) is 7.41. The van der Waals surface area contributed by atoms with E-state index in [0.29, 0.717) is 17.8 Å². The minimum atomic E-state index is -0.884. The van der Waals surface area contributed by atoms with Gasteiger partial charge in [-0.2, -0.15) is 0 Å². The van der Waals surface area contributed by atoms with Crippen molar-refractivity contribution in [3.63, 3.8) is 0 Å². The van der Waals surface area contributed by atoms with Gasteiger partial charge >= 0.3 is 0 Å². The van der Waals surface area contributed by atoms with Gasteiger partial charge in [0, 0.05) is 24.0 Å². The van der Waals surface area contributed by atoms with E-state index in [1.807, 2.05) is 0 Å². The van der Waals surface area contributed by atoms with Crippen molar-refractivity contribution in [1.29, 1.82) is 5.41 Å². The highest BCUT2D eigenvalue weighted by atomic mass is 19.1. The number of halogens is 1. The lowest BCUT2D eigenvalue weighted by molar-refractivity contribution is 0.400. The smallest absolute Gasteiger partial charge is 0.122 e. The minimum absolute atomic E-state index is 0.377. The van der Waals surface area contributed by atoms with E-state index in [1.165, 1.54) is 6.08 Å². The number of nitrogens with one attached hydrogen (secondary N) is 2. The maximum atomic E-state index is 12.7. The van der Waals surface area contributed by atoms with Gasteiger partial charge < -0.3 is 16.5 Å². The Bertz CT molecular complexity index is 315. The molecule has 1 unspecified atom stereocenters. The first-order valence-corrected chi connectivity index (χ1v) is 4.39. The van der Waals surface area contributed by atoms with E-state index in [4.69, 9.17) is 11.1 Å². The number of nitrogens with two attached hydrogens (primary N) is 1. The fourth-order valence-corrected chi connectivity index (χ4v) is 1.08.